The van der Waals surface area contributed by atoms with Gasteiger partial charge in [-0.25, -0.2) is 4.79 Å². The number of aryl methyl sites for hydroxylation is 1. The number of likely N-dealkylation sites (tertiary alicyclic amines) is 1. The number of nitrogens with zero attached hydrogens (tertiary/aromatic N) is 1. The second kappa shape index (κ2) is 5.93. The molecule has 1 heterocycles. The Kier molecular flexibility index (Phi) is 4.45. The van der Waals surface area contributed by atoms with E-state index in [9.17, 15) is 14.7 Å². The van der Waals surface area contributed by atoms with E-state index in [2.05, 4.69) is 15.9 Å². The van der Waals surface area contributed by atoms with Gasteiger partial charge in [0.25, 0.3) is 5.91 Å². The van der Waals surface area contributed by atoms with Crippen molar-refractivity contribution in [2.75, 3.05) is 13.7 Å². The summed E-state index contributed by atoms with van der Waals surface area (Å²) in [6, 6.07) is 4.50. The summed E-state index contributed by atoms with van der Waals surface area (Å²) in [5.74, 6) is -1.25. The van der Waals surface area contributed by atoms with Crippen molar-refractivity contribution < 1.29 is 19.4 Å². The first-order valence-electron chi connectivity index (χ1n) is 6.26. The van der Waals surface area contributed by atoms with Crippen LogP contribution in [0.5, 0.6) is 0 Å². The van der Waals surface area contributed by atoms with Crippen LogP contribution in [-0.2, 0) is 9.53 Å². The Morgan fingerprint density at radius 3 is 2.70 bits per heavy atom. The summed E-state index contributed by atoms with van der Waals surface area (Å²) >= 11 is 3.35. The molecule has 1 saturated heterocycles. The lowest BCUT2D eigenvalue weighted by molar-refractivity contribution is -0.141. The Morgan fingerprint density at radius 1 is 1.45 bits per heavy atom. The minimum absolute atomic E-state index is 0.226. The Labute approximate surface area is 125 Å². The number of aliphatic carboxylic acids is 1. The Bertz CT molecular complexity index is 546. The van der Waals surface area contributed by atoms with Crippen molar-refractivity contribution in [2.24, 2.45) is 0 Å². The fourth-order valence-corrected chi connectivity index (χ4v) is 2.92. The van der Waals surface area contributed by atoms with Gasteiger partial charge in [0.15, 0.2) is 0 Å². The van der Waals surface area contributed by atoms with Crippen molar-refractivity contribution in [3.05, 3.63) is 33.8 Å². The van der Waals surface area contributed by atoms with Crippen LogP contribution in [0, 0.1) is 6.92 Å². The van der Waals surface area contributed by atoms with E-state index in [0.29, 0.717) is 18.5 Å². The monoisotopic (exact) mass is 341 g/mol. The van der Waals surface area contributed by atoms with Crippen molar-refractivity contribution >= 4 is 27.8 Å². The normalized spacial score (nSPS) is 22.1. The molecule has 1 N–H and O–H groups in total. The SMILES string of the molecule is COC1CC(C(=O)O)N(C(=O)c2ccc(Br)cc2C)C1. The number of carbonyl (C=O) groups is 2. The Morgan fingerprint density at radius 2 is 2.15 bits per heavy atom. The van der Waals surface area contributed by atoms with Gasteiger partial charge in [0.2, 0.25) is 0 Å². The van der Waals surface area contributed by atoms with Crippen molar-refractivity contribution in [3.8, 4) is 0 Å². The van der Waals surface area contributed by atoms with E-state index in [0.717, 1.165) is 10.0 Å². The quantitative estimate of drug-likeness (QED) is 0.913. The Hall–Kier alpha value is -1.40. The molecule has 0 aliphatic carbocycles. The standard InChI is InChI=1S/C14H16BrNO4/c1-8-5-9(15)3-4-11(8)13(17)16-7-10(20-2)6-12(16)14(18)19/h3-5,10,12H,6-7H2,1-2H3,(H,18,19). The molecule has 0 saturated carbocycles. The number of benzene rings is 1. The number of hydrogen-bond donors (Lipinski definition) is 1. The van der Waals surface area contributed by atoms with Crippen LogP contribution in [0.4, 0.5) is 0 Å². The van der Waals surface area contributed by atoms with Crippen LogP contribution in [0.3, 0.4) is 0 Å². The Balaban J connectivity index is 2.29. The van der Waals surface area contributed by atoms with Crippen LogP contribution in [0.1, 0.15) is 22.3 Å². The molecular formula is C14H16BrNO4. The molecule has 2 unspecified atom stereocenters. The van der Waals surface area contributed by atoms with E-state index in [1.807, 2.05) is 13.0 Å². The number of amides is 1. The van der Waals surface area contributed by atoms with Gasteiger partial charge in [-0.3, -0.25) is 4.79 Å². The first-order valence-corrected chi connectivity index (χ1v) is 7.06. The highest BCUT2D eigenvalue weighted by Gasteiger charge is 2.40. The van der Waals surface area contributed by atoms with Crippen molar-refractivity contribution in [2.45, 2.75) is 25.5 Å². The molecular weight excluding hydrogens is 326 g/mol. The number of hydrogen-bond acceptors (Lipinski definition) is 3. The fraction of sp³-hybridized carbons (Fsp3) is 0.429. The van der Waals surface area contributed by atoms with E-state index in [-0.39, 0.29) is 12.0 Å². The molecule has 0 spiro atoms. The first-order chi connectivity index (χ1) is 9.43. The van der Waals surface area contributed by atoms with Crippen LogP contribution in [-0.4, -0.2) is 47.7 Å². The summed E-state index contributed by atoms with van der Waals surface area (Å²) in [5.41, 5.74) is 1.34. The molecule has 0 radical (unpaired) electrons. The minimum Gasteiger partial charge on any atom is -0.480 e. The summed E-state index contributed by atoms with van der Waals surface area (Å²) < 4.78 is 6.08. The van der Waals surface area contributed by atoms with E-state index < -0.39 is 12.0 Å². The number of carbonyl (C=O) groups excluding carboxylic acids is 1. The third-order valence-corrected chi connectivity index (χ3v) is 4.05. The lowest BCUT2D eigenvalue weighted by Crippen LogP contribution is -2.40. The van der Waals surface area contributed by atoms with Crippen molar-refractivity contribution in [1.82, 2.24) is 4.90 Å². The van der Waals surface area contributed by atoms with Crippen LogP contribution in [0.25, 0.3) is 0 Å². The number of rotatable bonds is 3. The summed E-state index contributed by atoms with van der Waals surface area (Å²) in [5, 5.41) is 9.25. The third kappa shape index (κ3) is 2.86. The molecule has 108 valence electrons. The van der Waals surface area contributed by atoms with E-state index in [1.165, 1.54) is 12.0 Å². The van der Waals surface area contributed by atoms with Gasteiger partial charge in [-0.05, 0) is 30.7 Å². The fourth-order valence-electron chi connectivity index (χ4n) is 2.45. The second-order valence-electron chi connectivity index (χ2n) is 4.86. The number of carboxylic acid groups (broad SMARTS) is 1. The molecule has 2 atom stereocenters. The zero-order chi connectivity index (χ0) is 14.9. The molecule has 1 aromatic carbocycles. The van der Waals surface area contributed by atoms with E-state index >= 15 is 0 Å². The van der Waals surface area contributed by atoms with E-state index in [4.69, 9.17) is 4.74 Å². The van der Waals surface area contributed by atoms with Gasteiger partial charge in [0.05, 0.1) is 6.10 Å². The first kappa shape index (κ1) is 15.0. The van der Waals surface area contributed by atoms with Crippen molar-refractivity contribution in [1.29, 1.82) is 0 Å². The average Bonchev–Trinajstić information content (AvgIpc) is 2.82. The van der Waals surface area contributed by atoms with Crippen LogP contribution < -0.4 is 0 Å². The molecule has 6 heteroatoms. The van der Waals surface area contributed by atoms with Gasteiger partial charge in [-0.15, -0.1) is 0 Å². The molecule has 20 heavy (non-hydrogen) atoms. The maximum atomic E-state index is 12.5. The van der Waals surface area contributed by atoms with Gasteiger partial charge in [0, 0.05) is 30.1 Å². The highest BCUT2D eigenvalue weighted by molar-refractivity contribution is 9.10. The summed E-state index contributed by atoms with van der Waals surface area (Å²) in [6.07, 6.45) is 0.100. The maximum absolute atomic E-state index is 12.5. The average molecular weight is 342 g/mol. The topological polar surface area (TPSA) is 66.8 Å². The van der Waals surface area contributed by atoms with Gasteiger partial charge in [-0.1, -0.05) is 15.9 Å². The predicted octanol–water partition coefficient (Wildman–Crippen LogP) is 2.07. The van der Waals surface area contributed by atoms with Gasteiger partial charge < -0.3 is 14.7 Å². The highest BCUT2D eigenvalue weighted by atomic mass is 79.9. The summed E-state index contributed by atoms with van der Waals surface area (Å²) in [6.45, 7) is 2.14. The largest absolute Gasteiger partial charge is 0.480 e. The zero-order valence-corrected chi connectivity index (χ0v) is 12.9. The second-order valence-corrected chi connectivity index (χ2v) is 5.78. The van der Waals surface area contributed by atoms with Gasteiger partial charge in [-0.2, -0.15) is 0 Å². The summed E-state index contributed by atoms with van der Waals surface area (Å²) in [4.78, 5) is 25.2. The minimum atomic E-state index is -0.993. The van der Waals surface area contributed by atoms with Crippen LogP contribution in [0.15, 0.2) is 22.7 Å². The predicted molar refractivity (Wildman–Crippen MR) is 76.8 cm³/mol. The van der Waals surface area contributed by atoms with Crippen LogP contribution in [0.2, 0.25) is 0 Å². The van der Waals surface area contributed by atoms with E-state index in [1.54, 1.807) is 12.1 Å². The zero-order valence-electron chi connectivity index (χ0n) is 11.3. The molecule has 1 aliphatic heterocycles. The number of ether oxygens (including phenoxy) is 1. The number of carboxylic acids is 1. The van der Waals surface area contributed by atoms with Crippen LogP contribution >= 0.6 is 15.9 Å². The smallest absolute Gasteiger partial charge is 0.326 e. The maximum Gasteiger partial charge on any atom is 0.326 e. The molecule has 0 bridgehead atoms. The molecule has 5 nitrogen and oxygen atoms in total. The lowest BCUT2D eigenvalue weighted by Gasteiger charge is -2.22. The highest BCUT2D eigenvalue weighted by Crippen LogP contribution is 2.25. The molecule has 1 aromatic rings. The third-order valence-electron chi connectivity index (χ3n) is 3.56. The molecule has 1 aliphatic rings. The lowest BCUT2D eigenvalue weighted by atomic mass is 10.1. The molecule has 1 fully saturated rings. The van der Waals surface area contributed by atoms with Gasteiger partial charge >= 0.3 is 5.97 Å². The van der Waals surface area contributed by atoms with Crippen molar-refractivity contribution in [3.63, 3.8) is 0 Å². The molecule has 0 aromatic heterocycles. The number of methoxy groups -OCH3 is 1. The molecule has 2 rings (SSSR count). The molecule has 1 amide bonds. The number of halogens is 1. The van der Waals surface area contributed by atoms with Gasteiger partial charge in [0.1, 0.15) is 6.04 Å². The summed E-state index contributed by atoms with van der Waals surface area (Å²) in [7, 11) is 1.53.